The lowest BCUT2D eigenvalue weighted by Crippen LogP contribution is -2.29. The molecule has 4 rings (SSSR count). The molecule has 3 aromatic heterocycles. The van der Waals surface area contributed by atoms with Crippen LogP contribution in [0.5, 0.6) is 0 Å². The summed E-state index contributed by atoms with van der Waals surface area (Å²) >= 11 is 1.59. The second kappa shape index (κ2) is 9.99. The highest BCUT2D eigenvalue weighted by atomic mass is 32.2. The van der Waals surface area contributed by atoms with Gasteiger partial charge in [-0.3, -0.25) is 4.79 Å². The van der Waals surface area contributed by atoms with Crippen LogP contribution in [0, 0.1) is 5.92 Å². The van der Waals surface area contributed by atoms with Crippen molar-refractivity contribution in [2.24, 2.45) is 5.92 Å². The van der Waals surface area contributed by atoms with Crippen LogP contribution >= 0.6 is 11.8 Å². The van der Waals surface area contributed by atoms with Crippen LogP contribution in [-0.2, 0) is 17.8 Å². The maximum Gasteiger partial charge on any atom is 0.226 e. The molecule has 0 saturated heterocycles. The van der Waals surface area contributed by atoms with Crippen molar-refractivity contribution >= 4 is 45.5 Å². The third-order valence-corrected chi connectivity index (χ3v) is 5.58. The van der Waals surface area contributed by atoms with Gasteiger partial charge in [0, 0.05) is 18.5 Å². The predicted molar refractivity (Wildman–Crippen MR) is 126 cm³/mol. The molecule has 0 radical (unpaired) electrons. The molecule has 2 N–H and O–H groups in total. The largest absolute Gasteiger partial charge is 0.369 e. The Labute approximate surface area is 190 Å². The number of aromatic nitrogens is 5. The van der Waals surface area contributed by atoms with Crippen LogP contribution < -0.4 is 10.6 Å². The van der Waals surface area contributed by atoms with Gasteiger partial charge >= 0.3 is 0 Å². The van der Waals surface area contributed by atoms with Crippen LogP contribution in [0.4, 0.5) is 5.82 Å². The summed E-state index contributed by atoms with van der Waals surface area (Å²) in [6, 6.07) is 7.52. The average Bonchev–Trinajstić information content (AvgIpc) is 3.37. The molecule has 9 nitrogen and oxygen atoms in total. The number of carbonyl (C=O) groups is 1. The first-order valence-corrected chi connectivity index (χ1v) is 11.7. The van der Waals surface area contributed by atoms with E-state index in [0.29, 0.717) is 30.3 Å². The zero-order valence-corrected chi connectivity index (χ0v) is 19.3. The molecule has 0 aliphatic heterocycles. The van der Waals surface area contributed by atoms with E-state index in [2.05, 4.69) is 51.6 Å². The molecule has 0 atom stereocenters. The Morgan fingerprint density at radius 2 is 2.06 bits per heavy atom. The van der Waals surface area contributed by atoms with Crippen molar-refractivity contribution in [1.29, 1.82) is 0 Å². The van der Waals surface area contributed by atoms with Crippen LogP contribution in [0.2, 0.25) is 0 Å². The molecule has 0 bridgehead atoms. The molecule has 168 valence electrons. The average molecular weight is 454 g/mol. The number of thioether (sulfide) groups is 1. The van der Waals surface area contributed by atoms with E-state index in [1.807, 2.05) is 28.9 Å². The Kier molecular flexibility index (Phi) is 6.89. The molecule has 0 aliphatic rings. The van der Waals surface area contributed by atoms with Gasteiger partial charge < -0.3 is 15.2 Å². The smallest absolute Gasteiger partial charge is 0.226 e. The van der Waals surface area contributed by atoms with Crippen molar-refractivity contribution in [2.75, 3.05) is 24.2 Å². The summed E-state index contributed by atoms with van der Waals surface area (Å²) < 4.78 is 7.08. The van der Waals surface area contributed by atoms with Crippen molar-refractivity contribution in [3.63, 3.8) is 0 Å². The maximum absolute atomic E-state index is 12.4. The Hall–Kier alpha value is -3.14. The third kappa shape index (κ3) is 5.01. The number of carbonyl (C=O) groups excluding carboxylic acids is 1. The highest BCUT2D eigenvalue weighted by Gasteiger charge is 2.15. The molecule has 1 aromatic carbocycles. The number of fused-ring (bicyclic) bond motifs is 2. The summed E-state index contributed by atoms with van der Waals surface area (Å²) in [7, 11) is 0. The first kappa shape index (κ1) is 22.1. The zero-order chi connectivity index (χ0) is 22.5. The molecular weight excluding hydrogens is 426 g/mol. The van der Waals surface area contributed by atoms with Crippen molar-refractivity contribution < 1.29 is 9.32 Å². The molecule has 10 heteroatoms. The van der Waals surface area contributed by atoms with Gasteiger partial charge in [-0.1, -0.05) is 49.8 Å². The lowest BCUT2D eigenvalue weighted by atomic mass is 10.1. The highest BCUT2D eigenvalue weighted by Crippen LogP contribution is 2.24. The minimum atomic E-state index is -0.114. The van der Waals surface area contributed by atoms with E-state index in [1.165, 1.54) is 0 Å². The molecular formula is C22H27N7O2S. The van der Waals surface area contributed by atoms with E-state index in [9.17, 15) is 4.79 Å². The summed E-state index contributed by atoms with van der Waals surface area (Å²) in [5, 5.41) is 17.3. The highest BCUT2D eigenvalue weighted by molar-refractivity contribution is 7.99. The second-order valence-corrected chi connectivity index (χ2v) is 9.05. The first-order chi connectivity index (χ1) is 15.5. The molecule has 3 heterocycles. The number of hydrogen-bond acceptors (Lipinski definition) is 8. The number of nitrogens with zero attached hydrogens (tertiary/aromatic N) is 5. The fourth-order valence-corrected chi connectivity index (χ4v) is 3.87. The number of anilines is 1. The van der Waals surface area contributed by atoms with E-state index in [-0.39, 0.29) is 12.3 Å². The first-order valence-electron chi connectivity index (χ1n) is 10.7. The molecule has 1 amide bonds. The third-order valence-electron chi connectivity index (χ3n) is 4.85. The standard InChI is InChI=1S/C22H27N7O2S/c1-4-32-22-26-20(24-12-14(2)3)16-13-25-29(21(16)27-22)10-9-23-19(30)11-17-15-7-5-6-8-18(15)31-28-17/h5-8,13-14H,4,9-12H2,1-3H3,(H,23,30)(H,24,26,27). The van der Waals surface area contributed by atoms with Gasteiger partial charge in [0.25, 0.3) is 0 Å². The summed E-state index contributed by atoms with van der Waals surface area (Å²) in [4.78, 5) is 21.8. The van der Waals surface area contributed by atoms with Crippen LogP contribution in [0.25, 0.3) is 22.0 Å². The SMILES string of the molecule is CCSc1nc(NCC(C)C)c2cnn(CCNC(=O)Cc3noc4ccccc34)c2n1. The van der Waals surface area contributed by atoms with Gasteiger partial charge in [0.15, 0.2) is 16.4 Å². The number of nitrogens with one attached hydrogen (secondary N) is 2. The van der Waals surface area contributed by atoms with E-state index < -0.39 is 0 Å². The molecule has 0 spiro atoms. The summed E-state index contributed by atoms with van der Waals surface area (Å²) in [6.07, 6.45) is 1.95. The summed E-state index contributed by atoms with van der Waals surface area (Å²) in [5.41, 5.74) is 2.08. The number of rotatable bonds is 10. The monoisotopic (exact) mass is 453 g/mol. The molecule has 4 aromatic rings. The van der Waals surface area contributed by atoms with Gasteiger partial charge in [0.1, 0.15) is 11.5 Å². The fourth-order valence-electron chi connectivity index (χ4n) is 3.31. The van der Waals surface area contributed by atoms with Crippen molar-refractivity contribution in [1.82, 2.24) is 30.2 Å². The van der Waals surface area contributed by atoms with Crippen LogP contribution in [0.1, 0.15) is 26.5 Å². The van der Waals surface area contributed by atoms with Crippen molar-refractivity contribution in [3.8, 4) is 0 Å². The van der Waals surface area contributed by atoms with Gasteiger partial charge in [-0.05, 0) is 23.8 Å². The minimum Gasteiger partial charge on any atom is -0.369 e. The lowest BCUT2D eigenvalue weighted by Gasteiger charge is -2.11. The Bertz CT molecular complexity index is 1220. The zero-order valence-electron chi connectivity index (χ0n) is 18.5. The Balaban J connectivity index is 1.42. The topological polar surface area (TPSA) is 111 Å². The molecule has 32 heavy (non-hydrogen) atoms. The van der Waals surface area contributed by atoms with Crippen LogP contribution in [0.3, 0.4) is 0 Å². The number of benzene rings is 1. The lowest BCUT2D eigenvalue weighted by molar-refractivity contribution is -0.120. The van der Waals surface area contributed by atoms with E-state index in [4.69, 9.17) is 4.52 Å². The summed E-state index contributed by atoms with van der Waals surface area (Å²) in [6.45, 7) is 8.14. The fraction of sp³-hybridized carbons (Fsp3) is 0.409. The van der Waals surface area contributed by atoms with E-state index >= 15 is 0 Å². The number of para-hydroxylation sites is 1. The molecule has 0 saturated carbocycles. The van der Waals surface area contributed by atoms with E-state index in [0.717, 1.165) is 39.7 Å². The quantitative estimate of drug-likeness (QED) is 0.277. The Morgan fingerprint density at radius 1 is 1.22 bits per heavy atom. The second-order valence-electron chi connectivity index (χ2n) is 7.82. The molecule has 0 unspecified atom stereocenters. The Morgan fingerprint density at radius 3 is 2.88 bits per heavy atom. The van der Waals surface area contributed by atoms with Gasteiger partial charge in [-0.25, -0.2) is 14.6 Å². The van der Waals surface area contributed by atoms with Crippen molar-refractivity contribution in [3.05, 3.63) is 36.2 Å². The van der Waals surface area contributed by atoms with Gasteiger partial charge in [0.05, 0.1) is 24.5 Å². The van der Waals surface area contributed by atoms with Gasteiger partial charge in [0.2, 0.25) is 5.91 Å². The van der Waals surface area contributed by atoms with E-state index in [1.54, 1.807) is 18.0 Å². The minimum absolute atomic E-state index is 0.114. The number of amides is 1. The predicted octanol–water partition coefficient (Wildman–Crippen LogP) is 3.51. The maximum atomic E-state index is 12.4. The number of hydrogen-bond donors (Lipinski definition) is 2. The van der Waals surface area contributed by atoms with Gasteiger partial charge in [-0.15, -0.1) is 0 Å². The molecule has 0 fully saturated rings. The van der Waals surface area contributed by atoms with Crippen LogP contribution in [-0.4, -0.2) is 49.7 Å². The van der Waals surface area contributed by atoms with Crippen LogP contribution in [0.15, 0.2) is 40.1 Å². The molecule has 0 aliphatic carbocycles. The normalized spacial score (nSPS) is 11.5. The van der Waals surface area contributed by atoms with Crippen molar-refractivity contribution in [2.45, 2.75) is 38.9 Å². The summed E-state index contributed by atoms with van der Waals surface area (Å²) in [5.74, 6) is 2.06. The van der Waals surface area contributed by atoms with Gasteiger partial charge in [-0.2, -0.15) is 5.10 Å².